The minimum atomic E-state index is -0.142. The van der Waals surface area contributed by atoms with E-state index in [-0.39, 0.29) is 5.82 Å². The number of fused-ring (bicyclic) bond motifs is 1. The number of hydrogen-bond acceptors (Lipinski definition) is 2. The van der Waals surface area contributed by atoms with E-state index in [9.17, 15) is 4.39 Å². The van der Waals surface area contributed by atoms with Crippen LogP contribution in [0.1, 0.15) is 24.8 Å². The second-order valence-corrected chi connectivity index (χ2v) is 5.56. The molecule has 3 heteroatoms. The van der Waals surface area contributed by atoms with E-state index < -0.39 is 0 Å². The Morgan fingerprint density at radius 1 is 1.22 bits per heavy atom. The Bertz CT molecular complexity index is 388. The van der Waals surface area contributed by atoms with E-state index in [0.717, 1.165) is 25.0 Å². The van der Waals surface area contributed by atoms with Crippen LogP contribution in [0.15, 0.2) is 24.3 Å². The molecule has 2 aliphatic heterocycles. The molecule has 2 unspecified atom stereocenters. The van der Waals surface area contributed by atoms with Crippen molar-refractivity contribution >= 4 is 0 Å². The van der Waals surface area contributed by atoms with Crippen LogP contribution in [0.5, 0.6) is 0 Å². The highest BCUT2D eigenvalue weighted by atomic mass is 19.1. The minimum absolute atomic E-state index is 0.142. The summed E-state index contributed by atoms with van der Waals surface area (Å²) >= 11 is 0. The normalized spacial score (nSPS) is 28.9. The first-order chi connectivity index (χ1) is 8.83. The lowest BCUT2D eigenvalue weighted by atomic mass is 9.84. The summed E-state index contributed by atoms with van der Waals surface area (Å²) in [5, 5.41) is 3.50. The molecule has 0 radical (unpaired) electrons. The van der Waals surface area contributed by atoms with E-state index in [1.807, 2.05) is 12.1 Å². The number of likely N-dealkylation sites (tertiary alicyclic amines) is 1. The monoisotopic (exact) mass is 248 g/mol. The number of benzene rings is 1. The molecule has 1 N–H and O–H groups in total. The van der Waals surface area contributed by atoms with E-state index in [1.54, 1.807) is 12.1 Å². The molecule has 3 rings (SSSR count). The van der Waals surface area contributed by atoms with Crippen LogP contribution >= 0.6 is 0 Å². The summed E-state index contributed by atoms with van der Waals surface area (Å²) in [5.74, 6) is 0.671. The van der Waals surface area contributed by atoms with Gasteiger partial charge in [-0.2, -0.15) is 0 Å². The van der Waals surface area contributed by atoms with Gasteiger partial charge >= 0.3 is 0 Å². The van der Waals surface area contributed by atoms with Crippen LogP contribution in [0.2, 0.25) is 0 Å². The summed E-state index contributed by atoms with van der Waals surface area (Å²) in [6.45, 7) is 4.48. The molecule has 0 aromatic heterocycles. The maximum Gasteiger partial charge on any atom is 0.123 e. The number of piperidine rings is 2. The zero-order valence-electron chi connectivity index (χ0n) is 10.7. The summed E-state index contributed by atoms with van der Waals surface area (Å²) in [5.41, 5.74) is 1.23. The Morgan fingerprint density at radius 3 is 2.89 bits per heavy atom. The van der Waals surface area contributed by atoms with Crippen molar-refractivity contribution in [1.82, 2.24) is 10.2 Å². The molecule has 0 aliphatic carbocycles. The van der Waals surface area contributed by atoms with Gasteiger partial charge in [0.2, 0.25) is 0 Å². The second kappa shape index (κ2) is 5.37. The standard InChI is InChI=1S/C15H21FN2/c16-14-5-3-12(4-6-14)11-18-9-1-2-13-10-17-8-7-15(13)18/h3-6,13,15,17H,1-2,7-11H2. The predicted octanol–water partition coefficient (Wildman–Crippen LogP) is 2.40. The van der Waals surface area contributed by atoms with Gasteiger partial charge in [-0.3, -0.25) is 4.90 Å². The average molecular weight is 248 g/mol. The van der Waals surface area contributed by atoms with Crippen LogP contribution in [0, 0.1) is 11.7 Å². The maximum absolute atomic E-state index is 12.9. The molecule has 2 nitrogen and oxygen atoms in total. The molecule has 0 saturated carbocycles. The van der Waals surface area contributed by atoms with Gasteiger partial charge in [-0.1, -0.05) is 12.1 Å². The number of nitrogens with zero attached hydrogens (tertiary/aromatic N) is 1. The second-order valence-electron chi connectivity index (χ2n) is 5.56. The molecule has 1 aromatic carbocycles. The predicted molar refractivity (Wildman–Crippen MR) is 70.8 cm³/mol. The largest absolute Gasteiger partial charge is 0.316 e. The van der Waals surface area contributed by atoms with Crippen molar-refractivity contribution < 1.29 is 4.39 Å². The van der Waals surface area contributed by atoms with Crippen molar-refractivity contribution in [2.75, 3.05) is 19.6 Å². The lowest BCUT2D eigenvalue weighted by Crippen LogP contribution is -2.52. The van der Waals surface area contributed by atoms with Gasteiger partial charge < -0.3 is 5.32 Å². The van der Waals surface area contributed by atoms with Crippen molar-refractivity contribution in [3.63, 3.8) is 0 Å². The number of hydrogen-bond donors (Lipinski definition) is 1. The number of halogens is 1. The summed E-state index contributed by atoms with van der Waals surface area (Å²) in [4.78, 5) is 2.60. The Labute approximate surface area is 108 Å². The van der Waals surface area contributed by atoms with Gasteiger partial charge in [0.05, 0.1) is 0 Å². The molecule has 1 aromatic rings. The number of rotatable bonds is 2. The van der Waals surface area contributed by atoms with E-state index >= 15 is 0 Å². The van der Waals surface area contributed by atoms with Crippen molar-refractivity contribution in [3.8, 4) is 0 Å². The summed E-state index contributed by atoms with van der Waals surface area (Å²) in [7, 11) is 0. The third-order valence-electron chi connectivity index (χ3n) is 4.36. The molecule has 98 valence electrons. The summed E-state index contributed by atoms with van der Waals surface area (Å²) < 4.78 is 12.9. The van der Waals surface area contributed by atoms with E-state index in [2.05, 4.69) is 10.2 Å². The minimum Gasteiger partial charge on any atom is -0.316 e. The molecule has 0 amide bonds. The molecule has 0 bridgehead atoms. The van der Waals surface area contributed by atoms with Gasteiger partial charge in [0.1, 0.15) is 5.82 Å². The lowest BCUT2D eigenvalue weighted by Gasteiger charge is -2.44. The van der Waals surface area contributed by atoms with Crippen LogP contribution in [0.25, 0.3) is 0 Å². The highest BCUT2D eigenvalue weighted by molar-refractivity contribution is 5.16. The fourth-order valence-electron chi connectivity index (χ4n) is 3.43. The first kappa shape index (κ1) is 12.1. The Kier molecular flexibility index (Phi) is 3.62. The first-order valence-corrected chi connectivity index (χ1v) is 7.02. The Hall–Kier alpha value is -0.930. The third kappa shape index (κ3) is 2.57. The summed E-state index contributed by atoms with van der Waals surface area (Å²) in [6, 6.07) is 7.70. The van der Waals surface area contributed by atoms with Gasteiger partial charge in [0.15, 0.2) is 0 Å². The fourth-order valence-corrected chi connectivity index (χ4v) is 3.43. The zero-order valence-corrected chi connectivity index (χ0v) is 10.7. The van der Waals surface area contributed by atoms with Crippen LogP contribution < -0.4 is 5.32 Å². The third-order valence-corrected chi connectivity index (χ3v) is 4.36. The van der Waals surface area contributed by atoms with Gasteiger partial charge in [-0.05, 0) is 62.5 Å². The molecule has 2 atom stereocenters. The molecule has 0 spiro atoms. The molecular weight excluding hydrogens is 227 g/mol. The first-order valence-electron chi connectivity index (χ1n) is 7.02. The van der Waals surface area contributed by atoms with Gasteiger partial charge in [0, 0.05) is 12.6 Å². The van der Waals surface area contributed by atoms with Crippen molar-refractivity contribution in [2.45, 2.75) is 31.8 Å². The van der Waals surface area contributed by atoms with Crippen LogP contribution in [-0.2, 0) is 6.54 Å². The highest BCUT2D eigenvalue weighted by Gasteiger charge is 2.32. The average Bonchev–Trinajstić information content (AvgIpc) is 2.42. The van der Waals surface area contributed by atoms with Gasteiger partial charge in [-0.25, -0.2) is 4.39 Å². The van der Waals surface area contributed by atoms with E-state index in [0.29, 0.717) is 0 Å². The molecule has 2 heterocycles. The topological polar surface area (TPSA) is 15.3 Å². The molecular formula is C15H21FN2. The van der Waals surface area contributed by atoms with Crippen molar-refractivity contribution in [2.24, 2.45) is 5.92 Å². The SMILES string of the molecule is Fc1ccc(CN2CCCC3CNCCC32)cc1. The van der Waals surface area contributed by atoms with Crippen LogP contribution in [0.4, 0.5) is 4.39 Å². The molecule has 2 fully saturated rings. The van der Waals surface area contributed by atoms with Gasteiger partial charge in [-0.15, -0.1) is 0 Å². The van der Waals surface area contributed by atoms with Crippen LogP contribution in [-0.4, -0.2) is 30.6 Å². The zero-order chi connectivity index (χ0) is 12.4. The highest BCUT2D eigenvalue weighted by Crippen LogP contribution is 2.28. The van der Waals surface area contributed by atoms with Crippen molar-refractivity contribution in [3.05, 3.63) is 35.6 Å². The Balaban J connectivity index is 1.69. The fraction of sp³-hybridized carbons (Fsp3) is 0.600. The van der Waals surface area contributed by atoms with Gasteiger partial charge in [0.25, 0.3) is 0 Å². The Morgan fingerprint density at radius 2 is 2.06 bits per heavy atom. The van der Waals surface area contributed by atoms with Crippen LogP contribution in [0.3, 0.4) is 0 Å². The number of nitrogens with one attached hydrogen (secondary N) is 1. The maximum atomic E-state index is 12.9. The molecule has 2 aliphatic rings. The van der Waals surface area contributed by atoms with E-state index in [4.69, 9.17) is 0 Å². The molecule has 18 heavy (non-hydrogen) atoms. The quantitative estimate of drug-likeness (QED) is 0.864. The summed E-state index contributed by atoms with van der Waals surface area (Å²) in [6.07, 6.45) is 3.91. The smallest absolute Gasteiger partial charge is 0.123 e. The van der Waals surface area contributed by atoms with E-state index in [1.165, 1.54) is 37.9 Å². The van der Waals surface area contributed by atoms with Crippen molar-refractivity contribution in [1.29, 1.82) is 0 Å². The molecule has 2 saturated heterocycles. The lowest BCUT2D eigenvalue weighted by molar-refractivity contribution is 0.0627.